The van der Waals surface area contributed by atoms with Crippen molar-refractivity contribution < 1.29 is 19.0 Å². The minimum Gasteiger partial charge on any atom is -0.393 e. The molecular weight excluding hydrogens is 323 g/mol. The van der Waals surface area contributed by atoms with Gasteiger partial charge in [0.1, 0.15) is 0 Å². The van der Waals surface area contributed by atoms with Crippen LogP contribution in [-0.2, 0) is 11.3 Å². The number of nitrogens with zero attached hydrogens (tertiary/aromatic N) is 1. The zero-order valence-corrected chi connectivity index (χ0v) is 14.9. The first-order chi connectivity index (χ1) is 11.8. The molecule has 1 saturated carbocycles. The Hall–Kier alpha value is -1.66. The van der Waals surface area contributed by atoms with Gasteiger partial charge < -0.3 is 20.1 Å². The Balaban J connectivity index is 1.48. The number of alkyl halides is 1. The first kappa shape index (κ1) is 18.1. The van der Waals surface area contributed by atoms with Gasteiger partial charge >= 0.3 is 6.03 Å². The van der Waals surface area contributed by atoms with E-state index in [1.54, 1.807) is 0 Å². The van der Waals surface area contributed by atoms with Gasteiger partial charge in [0, 0.05) is 24.4 Å². The summed E-state index contributed by atoms with van der Waals surface area (Å²) >= 11 is 0. The Labute approximate surface area is 148 Å². The molecule has 3 unspecified atom stereocenters. The number of carbonyl (C=O) groups excluding carboxylic acids is 1. The monoisotopic (exact) mass is 350 g/mol. The molecule has 2 N–H and O–H groups in total. The van der Waals surface area contributed by atoms with Gasteiger partial charge in [-0.3, -0.25) is 0 Å². The van der Waals surface area contributed by atoms with Crippen molar-refractivity contribution in [3.05, 3.63) is 35.9 Å². The van der Waals surface area contributed by atoms with Crippen molar-refractivity contribution in [1.29, 1.82) is 0 Å². The van der Waals surface area contributed by atoms with Crippen LogP contribution in [0, 0.1) is 5.41 Å². The second kappa shape index (κ2) is 6.92. The van der Waals surface area contributed by atoms with E-state index in [2.05, 4.69) is 19.2 Å². The van der Waals surface area contributed by atoms with Crippen LogP contribution in [0.3, 0.4) is 0 Å². The molecule has 25 heavy (non-hydrogen) atoms. The Bertz CT molecular complexity index is 610. The normalized spacial score (nSPS) is 30.8. The van der Waals surface area contributed by atoms with Crippen molar-refractivity contribution in [1.82, 2.24) is 10.2 Å². The van der Waals surface area contributed by atoms with Gasteiger partial charge in [-0.25, -0.2) is 9.18 Å². The van der Waals surface area contributed by atoms with E-state index in [1.165, 1.54) is 4.90 Å². The van der Waals surface area contributed by atoms with Crippen molar-refractivity contribution in [2.45, 2.75) is 51.1 Å². The quantitative estimate of drug-likeness (QED) is 0.858. The molecule has 2 amide bonds. The molecule has 1 aliphatic heterocycles. The van der Waals surface area contributed by atoms with E-state index in [9.17, 15) is 9.18 Å². The van der Waals surface area contributed by atoms with Crippen molar-refractivity contribution >= 4 is 6.03 Å². The van der Waals surface area contributed by atoms with E-state index in [-0.39, 0.29) is 36.6 Å². The highest BCUT2D eigenvalue weighted by atomic mass is 19.1. The molecule has 1 saturated heterocycles. The van der Waals surface area contributed by atoms with Gasteiger partial charge in [0.05, 0.1) is 25.9 Å². The molecule has 5 nitrogen and oxygen atoms in total. The van der Waals surface area contributed by atoms with Crippen molar-refractivity contribution in [2.24, 2.45) is 5.41 Å². The number of rotatable bonds is 5. The molecule has 1 aliphatic carbocycles. The number of nitrogens with one attached hydrogen (secondary N) is 1. The van der Waals surface area contributed by atoms with Crippen molar-refractivity contribution in [3.8, 4) is 0 Å². The number of halogens is 1. The van der Waals surface area contributed by atoms with E-state index in [1.807, 2.05) is 30.3 Å². The number of aliphatic hydroxyl groups is 1. The minimum absolute atomic E-state index is 0.00418. The first-order valence-corrected chi connectivity index (χ1v) is 8.85. The summed E-state index contributed by atoms with van der Waals surface area (Å²) < 4.78 is 20.1. The molecule has 3 atom stereocenters. The van der Waals surface area contributed by atoms with Gasteiger partial charge in [0.15, 0.2) is 5.67 Å². The summed E-state index contributed by atoms with van der Waals surface area (Å²) in [5.41, 5.74) is -0.701. The van der Waals surface area contributed by atoms with Gasteiger partial charge in [-0.1, -0.05) is 44.2 Å². The number of hydrogen-bond acceptors (Lipinski definition) is 3. The number of benzene rings is 1. The summed E-state index contributed by atoms with van der Waals surface area (Å²) in [5.74, 6) is 0. The third kappa shape index (κ3) is 3.80. The number of ether oxygens (including phenoxy) is 1. The average Bonchev–Trinajstić information content (AvgIpc) is 3.01. The van der Waals surface area contributed by atoms with Crippen LogP contribution in [0.4, 0.5) is 9.18 Å². The van der Waals surface area contributed by atoms with Gasteiger partial charge in [-0.15, -0.1) is 0 Å². The predicted molar refractivity (Wildman–Crippen MR) is 92.9 cm³/mol. The Kier molecular flexibility index (Phi) is 5.02. The molecule has 6 heteroatoms. The van der Waals surface area contributed by atoms with Crippen LogP contribution in [0.1, 0.15) is 32.3 Å². The first-order valence-electron chi connectivity index (χ1n) is 8.85. The Morgan fingerprint density at radius 1 is 1.40 bits per heavy atom. The largest absolute Gasteiger partial charge is 0.393 e. The molecular formula is C19H27FN2O3. The minimum atomic E-state index is -1.66. The lowest BCUT2D eigenvalue weighted by atomic mass is 9.64. The van der Waals surface area contributed by atoms with Crippen LogP contribution >= 0.6 is 0 Å². The van der Waals surface area contributed by atoms with Crippen LogP contribution in [0.25, 0.3) is 0 Å². The fraction of sp³-hybridized carbons (Fsp3) is 0.632. The highest BCUT2D eigenvalue weighted by Gasteiger charge is 2.50. The molecule has 0 radical (unpaired) electrons. The topological polar surface area (TPSA) is 61.8 Å². The maximum atomic E-state index is 14.1. The fourth-order valence-electron chi connectivity index (χ4n) is 3.56. The lowest BCUT2D eigenvalue weighted by Crippen LogP contribution is -2.63. The number of amides is 2. The van der Waals surface area contributed by atoms with Crippen LogP contribution in [0.15, 0.2) is 30.3 Å². The van der Waals surface area contributed by atoms with Crippen LogP contribution in [0.5, 0.6) is 0 Å². The number of urea groups is 1. The maximum Gasteiger partial charge on any atom is 0.317 e. The lowest BCUT2D eigenvalue weighted by Gasteiger charge is -2.51. The lowest BCUT2D eigenvalue weighted by molar-refractivity contribution is -0.122. The zero-order valence-electron chi connectivity index (χ0n) is 14.9. The van der Waals surface area contributed by atoms with Crippen LogP contribution < -0.4 is 5.32 Å². The van der Waals surface area contributed by atoms with Crippen LogP contribution in [-0.4, -0.2) is 53.5 Å². The highest BCUT2D eigenvalue weighted by molar-refractivity contribution is 5.75. The van der Waals surface area contributed by atoms with Gasteiger partial charge in [0.25, 0.3) is 0 Å². The molecule has 0 aromatic heterocycles. The molecule has 3 rings (SSSR count). The number of carbonyl (C=O) groups is 1. The molecule has 138 valence electrons. The summed E-state index contributed by atoms with van der Waals surface area (Å²) in [7, 11) is 0. The predicted octanol–water partition coefficient (Wildman–Crippen LogP) is 2.49. The van der Waals surface area contributed by atoms with E-state index < -0.39 is 12.3 Å². The van der Waals surface area contributed by atoms with E-state index >= 15 is 0 Å². The van der Waals surface area contributed by atoms with Crippen molar-refractivity contribution in [3.63, 3.8) is 0 Å². The summed E-state index contributed by atoms with van der Waals surface area (Å²) in [6.45, 7) is 4.46. The van der Waals surface area contributed by atoms with E-state index in [0.29, 0.717) is 13.2 Å². The molecule has 1 aromatic rings. The fourth-order valence-corrected chi connectivity index (χ4v) is 3.56. The molecule has 2 aliphatic rings. The number of likely N-dealkylation sites (tertiary alicyclic amines) is 1. The smallest absolute Gasteiger partial charge is 0.317 e. The van der Waals surface area contributed by atoms with E-state index in [0.717, 1.165) is 12.0 Å². The third-order valence-electron chi connectivity index (χ3n) is 5.64. The summed E-state index contributed by atoms with van der Waals surface area (Å²) in [5, 5.41) is 12.1. The number of hydrogen-bond donors (Lipinski definition) is 2. The van der Waals surface area contributed by atoms with E-state index in [4.69, 9.17) is 9.84 Å². The summed E-state index contributed by atoms with van der Waals surface area (Å²) in [6.07, 6.45) is 1.02. The second-order valence-electron chi connectivity index (χ2n) is 7.82. The Morgan fingerprint density at radius 3 is 2.72 bits per heavy atom. The van der Waals surface area contributed by atoms with Crippen molar-refractivity contribution in [2.75, 3.05) is 19.7 Å². The SMILES string of the molecule is CC1(C)C(NC(=O)N2CCC(F)(CO)C2)CC1OCc1ccccc1. The van der Waals surface area contributed by atoms with Crippen LogP contribution in [0.2, 0.25) is 0 Å². The summed E-state index contributed by atoms with van der Waals surface area (Å²) in [4.78, 5) is 13.8. The number of aliphatic hydroxyl groups excluding tert-OH is 1. The molecule has 0 bridgehead atoms. The maximum absolute atomic E-state index is 14.1. The zero-order chi connectivity index (χ0) is 18.1. The van der Waals surface area contributed by atoms with Gasteiger partial charge in [0.2, 0.25) is 0 Å². The highest BCUT2D eigenvalue weighted by Crippen LogP contribution is 2.43. The molecule has 1 heterocycles. The molecule has 2 fully saturated rings. The van der Waals surface area contributed by atoms with Gasteiger partial charge in [-0.2, -0.15) is 0 Å². The third-order valence-corrected chi connectivity index (χ3v) is 5.64. The standard InChI is InChI=1S/C19H27FN2O3/c1-18(2)15(10-16(18)25-11-14-6-4-3-5-7-14)21-17(24)22-9-8-19(20,12-22)13-23/h3-7,15-16,23H,8-13H2,1-2H3,(H,21,24). The average molecular weight is 350 g/mol. The second-order valence-corrected chi connectivity index (χ2v) is 7.82. The molecule has 0 spiro atoms. The Morgan fingerprint density at radius 2 is 2.12 bits per heavy atom. The van der Waals surface area contributed by atoms with Gasteiger partial charge in [-0.05, 0) is 12.0 Å². The molecule has 1 aromatic carbocycles. The summed E-state index contributed by atoms with van der Waals surface area (Å²) in [6, 6.07) is 9.76.